The lowest BCUT2D eigenvalue weighted by Crippen LogP contribution is -2.42. The number of sulfonamides is 1. The SMILES string of the molecule is CS(=O)(=O)N[C@H]1C[C@H](C(=O)OCc2ccccc2)N(C(=O)OCc2ccccc2)C1. The van der Waals surface area contributed by atoms with Gasteiger partial charge in [0.1, 0.15) is 19.3 Å². The molecule has 1 N–H and O–H groups in total. The van der Waals surface area contributed by atoms with Crippen LogP contribution in [0, 0.1) is 0 Å². The molecule has 0 spiro atoms. The van der Waals surface area contributed by atoms with Gasteiger partial charge < -0.3 is 9.47 Å². The van der Waals surface area contributed by atoms with Gasteiger partial charge in [-0.25, -0.2) is 22.7 Å². The Hall–Kier alpha value is -2.91. The van der Waals surface area contributed by atoms with Crippen LogP contribution in [0.3, 0.4) is 0 Å². The number of nitrogens with one attached hydrogen (secondary N) is 1. The first-order chi connectivity index (χ1) is 14.3. The predicted octanol–water partition coefficient (Wildman–Crippen LogP) is 2.06. The van der Waals surface area contributed by atoms with Crippen molar-refractivity contribution in [1.82, 2.24) is 9.62 Å². The molecule has 1 fully saturated rings. The highest BCUT2D eigenvalue weighted by atomic mass is 32.2. The van der Waals surface area contributed by atoms with Gasteiger partial charge in [0.2, 0.25) is 10.0 Å². The van der Waals surface area contributed by atoms with Gasteiger partial charge in [0, 0.05) is 12.6 Å². The zero-order valence-corrected chi connectivity index (χ0v) is 17.4. The largest absolute Gasteiger partial charge is 0.459 e. The van der Waals surface area contributed by atoms with E-state index in [0.717, 1.165) is 17.4 Å². The van der Waals surface area contributed by atoms with E-state index in [9.17, 15) is 18.0 Å². The number of esters is 1. The van der Waals surface area contributed by atoms with Crippen LogP contribution < -0.4 is 4.72 Å². The van der Waals surface area contributed by atoms with E-state index in [1.807, 2.05) is 60.7 Å². The van der Waals surface area contributed by atoms with E-state index in [0.29, 0.717) is 0 Å². The van der Waals surface area contributed by atoms with Crippen molar-refractivity contribution in [3.05, 3.63) is 71.8 Å². The molecule has 2 aromatic rings. The fourth-order valence-electron chi connectivity index (χ4n) is 3.28. The Morgan fingerprint density at radius 2 is 1.50 bits per heavy atom. The lowest BCUT2D eigenvalue weighted by Gasteiger charge is -2.22. The van der Waals surface area contributed by atoms with Gasteiger partial charge in [-0.15, -0.1) is 0 Å². The van der Waals surface area contributed by atoms with E-state index in [1.54, 1.807) is 0 Å². The molecule has 30 heavy (non-hydrogen) atoms. The van der Waals surface area contributed by atoms with Crippen molar-refractivity contribution < 1.29 is 27.5 Å². The molecule has 0 aliphatic carbocycles. The maximum absolute atomic E-state index is 12.7. The van der Waals surface area contributed by atoms with Gasteiger partial charge in [0.05, 0.1) is 6.26 Å². The first-order valence-corrected chi connectivity index (χ1v) is 11.4. The van der Waals surface area contributed by atoms with E-state index in [1.165, 1.54) is 4.90 Å². The van der Waals surface area contributed by atoms with Gasteiger partial charge in [-0.3, -0.25) is 4.90 Å². The molecule has 8 nitrogen and oxygen atoms in total. The minimum atomic E-state index is -3.50. The van der Waals surface area contributed by atoms with Gasteiger partial charge >= 0.3 is 12.1 Å². The molecular weight excluding hydrogens is 408 g/mol. The number of ether oxygens (including phenoxy) is 2. The second-order valence-electron chi connectivity index (χ2n) is 7.12. The third-order valence-corrected chi connectivity index (χ3v) is 5.38. The van der Waals surface area contributed by atoms with E-state index in [-0.39, 0.29) is 26.2 Å². The number of likely N-dealkylation sites (tertiary alicyclic amines) is 1. The Bertz CT molecular complexity index is 902. The number of carbonyl (C=O) groups is 2. The van der Waals surface area contributed by atoms with Crippen molar-refractivity contribution in [2.75, 3.05) is 12.8 Å². The topological polar surface area (TPSA) is 102 Å². The van der Waals surface area contributed by atoms with Crippen LogP contribution in [0.4, 0.5) is 4.79 Å². The van der Waals surface area contributed by atoms with Crippen LogP contribution in [-0.2, 0) is 37.5 Å². The monoisotopic (exact) mass is 432 g/mol. The van der Waals surface area contributed by atoms with Crippen LogP contribution in [0.15, 0.2) is 60.7 Å². The average Bonchev–Trinajstić information content (AvgIpc) is 3.14. The molecule has 2 atom stereocenters. The maximum atomic E-state index is 12.7. The van der Waals surface area contributed by atoms with Crippen LogP contribution >= 0.6 is 0 Å². The highest BCUT2D eigenvalue weighted by Gasteiger charge is 2.42. The summed E-state index contributed by atoms with van der Waals surface area (Å²) in [5.74, 6) is -0.603. The number of nitrogens with zero attached hydrogens (tertiary/aromatic N) is 1. The molecule has 1 heterocycles. The number of carbonyl (C=O) groups excluding carboxylic acids is 2. The maximum Gasteiger partial charge on any atom is 0.410 e. The normalized spacial score (nSPS) is 18.8. The first kappa shape index (κ1) is 21.8. The van der Waals surface area contributed by atoms with Gasteiger partial charge in [-0.2, -0.15) is 0 Å². The summed E-state index contributed by atoms with van der Waals surface area (Å²) in [4.78, 5) is 26.5. The summed E-state index contributed by atoms with van der Waals surface area (Å²) in [7, 11) is -3.50. The molecule has 0 saturated carbocycles. The minimum absolute atomic E-state index is 0.0196. The fraction of sp³-hybridized carbons (Fsp3) is 0.333. The molecule has 160 valence electrons. The van der Waals surface area contributed by atoms with Crippen molar-refractivity contribution in [1.29, 1.82) is 0 Å². The van der Waals surface area contributed by atoms with E-state index in [2.05, 4.69) is 4.72 Å². The van der Waals surface area contributed by atoms with Gasteiger partial charge in [-0.05, 0) is 17.5 Å². The predicted molar refractivity (Wildman–Crippen MR) is 110 cm³/mol. The third-order valence-electron chi connectivity index (χ3n) is 4.62. The quantitative estimate of drug-likeness (QED) is 0.672. The molecule has 2 aromatic carbocycles. The fourth-order valence-corrected chi connectivity index (χ4v) is 4.05. The summed E-state index contributed by atoms with van der Waals surface area (Å²) in [6, 6.07) is 16.8. The van der Waals surface area contributed by atoms with Crippen LogP contribution in [0.1, 0.15) is 17.5 Å². The second kappa shape index (κ2) is 9.73. The molecule has 0 aromatic heterocycles. The van der Waals surface area contributed by atoms with E-state index < -0.39 is 34.2 Å². The molecule has 1 aliphatic heterocycles. The third kappa shape index (κ3) is 6.30. The average molecular weight is 432 g/mol. The standard InChI is InChI=1S/C21H24N2O6S/c1-30(26,27)22-18-12-19(20(24)28-14-16-8-4-2-5-9-16)23(13-18)21(25)29-15-17-10-6-3-7-11-17/h2-11,18-19,22H,12-15H2,1H3/t18-,19+/m0/s1. The van der Waals surface area contributed by atoms with Crippen molar-refractivity contribution in [2.24, 2.45) is 0 Å². The Morgan fingerprint density at radius 3 is 2.03 bits per heavy atom. The number of amides is 1. The smallest absolute Gasteiger partial charge is 0.410 e. The molecule has 1 saturated heterocycles. The highest BCUT2D eigenvalue weighted by Crippen LogP contribution is 2.22. The van der Waals surface area contributed by atoms with Crippen molar-refractivity contribution in [3.8, 4) is 0 Å². The minimum Gasteiger partial charge on any atom is -0.459 e. The molecule has 0 bridgehead atoms. The summed E-state index contributed by atoms with van der Waals surface area (Å²) >= 11 is 0. The van der Waals surface area contributed by atoms with Gasteiger partial charge in [0.15, 0.2) is 0 Å². The molecule has 1 amide bonds. The van der Waals surface area contributed by atoms with Gasteiger partial charge in [0.25, 0.3) is 0 Å². The zero-order valence-electron chi connectivity index (χ0n) is 16.6. The summed E-state index contributed by atoms with van der Waals surface area (Å²) in [6.07, 6.45) is 0.450. The summed E-state index contributed by atoms with van der Waals surface area (Å²) < 4.78 is 36.4. The molecule has 3 rings (SSSR count). The lowest BCUT2D eigenvalue weighted by atomic mass is 10.2. The molecular formula is C21H24N2O6S. The summed E-state index contributed by atoms with van der Waals surface area (Å²) in [6.45, 7) is 0.130. The molecule has 9 heteroatoms. The van der Waals surface area contributed by atoms with Crippen molar-refractivity contribution in [2.45, 2.75) is 31.7 Å². The van der Waals surface area contributed by atoms with E-state index >= 15 is 0 Å². The molecule has 0 unspecified atom stereocenters. The number of hydrogen-bond donors (Lipinski definition) is 1. The Kier molecular flexibility index (Phi) is 7.07. The Morgan fingerprint density at radius 1 is 0.967 bits per heavy atom. The highest BCUT2D eigenvalue weighted by molar-refractivity contribution is 7.88. The number of benzene rings is 2. The second-order valence-corrected chi connectivity index (χ2v) is 8.90. The summed E-state index contributed by atoms with van der Waals surface area (Å²) in [5, 5.41) is 0. The Labute approximate surface area is 175 Å². The van der Waals surface area contributed by atoms with Crippen LogP contribution in [0.5, 0.6) is 0 Å². The van der Waals surface area contributed by atoms with Crippen LogP contribution in [0.25, 0.3) is 0 Å². The number of hydrogen-bond acceptors (Lipinski definition) is 6. The lowest BCUT2D eigenvalue weighted by molar-refractivity contribution is -0.149. The summed E-state index contributed by atoms with van der Waals surface area (Å²) in [5.41, 5.74) is 1.62. The molecule has 0 radical (unpaired) electrons. The van der Waals surface area contributed by atoms with Crippen molar-refractivity contribution >= 4 is 22.1 Å². The number of rotatable bonds is 7. The Balaban J connectivity index is 1.66. The first-order valence-electron chi connectivity index (χ1n) is 9.47. The van der Waals surface area contributed by atoms with Crippen LogP contribution in [0.2, 0.25) is 0 Å². The van der Waals surface area contributed by atoms with Gasteiger partial charge in [-0.1, -0.05) is 60.7 Å². The molecule has 1 aliphatic rings. The van der Waals surface area contributed by atoms with E-state index in [4.69, 9.17) is 9.47 Å². The van der Waals surface area contributed by atoms with Crippen LogP contribution in [-0.4, -0.2) is 50.3 Å². The zero-order chi connectivity index (χ0) is 21.6. The van der Waals surface area contributed by atoms with Crippen molar-refractivity contribution in [3.63, 3.8) is 0 Å².